The Morgan fingerprint density at radius 1 is 1.35 bits per heavy atom. The Hall–Kier alpha value is -2.04. The number of benzene rings is 1. The van der Waals surface area contributed by atoms with Crippen molar-refractivity contribution < 1.29 is 19.4 Å². The highest BCUT2D eigenvalue weighted by molar-refractivity contribution is 6.06. The summed E-state index contributed by atoms with van der Waals surface area (Å²) in [5, 5.41) is 9.53. The summed E-state index contributed by atoms with van der Waals surface area (Å²) in [5.41, 5.74) is 0.370. The minimum absolute atomic E-state index is 0.109. The number of carbonyl (C=O) groups excluding carboxylic acids is 1. The Morgan fingerprint density at radius 2 is 1.96 bits per heavy atom. The maximum atomic E-state index is 12.8. The number of carboxylic acid groups (broad SMARTS) is 1. The fourth-order valence-corrected chi connectivity index (χ4v) is 2.75. The lowest BCUT2D eigenvalue weighted by Crippen LogP contribution is -2.57. The second kappa shape index (κ2) is 5.55. The van der Waals surface area contributed by atoms with Crippen molar-refractivity contribution in [3.8, 4) is 5.75 Å². The zero-order chi connectivity index (χ0) is 17.6. The fourth-order valence-electron chi connectivity index (χ4n) is 2.75. The molecule has 0 spiro atoms. The first-order valence-electron chi connectivity index (χ1n) is 7.89. The summed E-state index contributed by atoms with van der Waals surface area (Å²) < 4.78 is 5.82. The SMILES string of the molecule is CCC(C(=O)O)N1C(=O)C(C)(C)Oc2ccc(C(C)(C)C)cc21. The van der Waals surface area contributed by atoms with Gasteiger partial charge in [-0.15, -0.1) is 0 Å². The molecule has 0 fully saturated rings. The molecule has 0 aromatic heterocycles. The van der Waals surface area contributed by atoms with E-state index < -0.39 is 17.6 Å². The summed E-state index contributed by atoms with van der Waals surface area (Å²) in [5.74, 6) is -0.793. The molecule has 5 heteroatoms. The number of fused-ring (bicyclic) bond motifs is 1. The van der Waals surface area contributed by atoms with Crippen LogP contribution in [0.15, 0.2) is 18.2 Å². The summed E-state index contributed by atoms with van der Waals surface area (Å²) in [4.78, 5) is 25.8. The molecule has 1 amide bonds. The van der Waals surface area contributed by atoms with E-state index in [-0.39, 0.29) is 11.3 Å². The normalized spacial score (nSPS) is 18.2. The first kappa shape index (κ1) is 17.3. The van der Waals surface area contributed by atoms with Gasteiger partial charge in [-0.25, -0.2) is 4.79 Å². The van der Waals surface area contributed by atoms with E-state index in [4.69, 9.17) is 4.74 Å². The molecule has 0 saturated heterocycles. The molecule has 1 heterocycles. The van der Waals surface area contributed by atoms with Crippen LogP contribution in [-0.4, -0.2) is 28.6 Å². The van der Waals surface area contributed by atoms with Crippen LogP contribution >= 0.6 is 0 Å². The molecular weight excluding hydrogens is 294 g/mol. The van der Waals surface area contributed by atoms with E-state index in [0.717, 1.165) is 5.56 Å². The summed E-state index contributed by atoms with van der Waals surface area (Å²) in [6.07, 6.45) is 0.330. The number of hydrogen-bond acceptors (Lipinski definition) is 3. The lowest BCUT2D eigenvalue weighted by atomic mass is 9.86. The van der Waals surface area contributed by atoms with Gasteiger partial charge in [-0.1, -0.05) is 33.8 Å². The van der Waals surface area contributed by atoms with Crippen molar-refractivity contribution >= 4 is 17.6 Å². The molecule has 1 aliphatic rings. The lowest BCUT2D eigenvalue weighted by Gasteiger charge is -2.41. The molecule has 5 nitrogen and oxygen atoms in total. The molecule has 1 N–H and O–H groups in total. The van der Waals surface area contributed by atoms with E-state index in [1.165, 1.54) is 4.90 Å². The lowest BCUT2D eigenvalue weighted by molar-refractivity contribution is -0.143. The van der Waals surface area contributed by atoms with Gasteiger partial charge in [0.1, 0.15) is 11.8 Å². The van der Waals surface area contributed by atoms with Crippen LogP contribution in [0.2, 0.25) is 0 Å². The van der Waals surface area contributed by atoms with E-state index in [9.17, 15) is 14.7 Å². The Labute approximate surface area is 137 Å². The van der Waals surface area contributed by atoms with Crippen molar-refractivity contribution in [2.45, 2.75) is 65.0 Å². The molecule has 23 heavy (non-hydrogen) atoms. The average molecular weight is 319 g/mol. The average Bonchev–Trinajstić information content (AvgIpc) is 2.41. The largest absolute Gasteiger partial charge is 0.480 e. The van der Waals surface area contributed by atoms with Gasteiger partial charge in [-0.05, 0) is 43.4 Å². The number of hydrogen-bond donors (Lipinski definition) is 1. The highest BCUT2D eigenvalue weighted by atomic mass is 16.5. The number of amides is 1. The zero-order valence-electron chi connectivity index (χ0n) is 14.6. The molecule has 1 aromatic rings. The van der Waals surface area contributed by atoms with Gasteiger partial charge in [0, 0.05) is 0 Å². The molecule has 126 valence electrons. The molecule has 1 aromatic carbocycles. The van der Waals surface area contributed by atoms with Crippen molar-refractivity contribution in [3.05, 3.63) is 23.8 Å². The van der Waals surface area contributed by atoms with Crippen molar-refractivity contribution in [2.24, 2.45) is 0 Å². The van der Waals surface area contributed by atoms with E-state index in [1.54, 1.807) is 20.8 Å². The highest BCUT2D eigenvalue weighted by Crippen LogP contribution is 2.41. The predicted molar refractivity (Wildman–Crippen MR) is 89.0 cm³/mol. The van der Waals surface area contributed by atoms with Crippen LogP contribution in [0.4, 0.5) is 5.69 Å². The number of carbonyl (C=O) groups is 2. The highest BCUT2D eigenvalue weighted by Gasteiger charge is 2.45. The second-order valence-corrected chi connectivity index (χ2v) is 7.48. The number of nitrogens with zero attached hydrogens (tertiary/aromatic N) is 1. The second-order valence-electron chi connectivity index (χ2n) is 7.48. The third kappa shape index (κ3) is 3.05. The van der Waals surface area contributed by atoms with Crippen molar-refractivity contribution in [1.82, 2.24) is 0 Å². The number of carboxylic acids is 1. The van der Waals surface area contributed by atoms with E-state index >= 15 is 0 Å². The zero-order valence-corrected chi connectivity index (χ0v) is 14.6. The summed E-state index contributed by atoms with van der Waals surface area (Å²) in [6.45, 7) is 11.3. The summed E-state index contributed by atoms with van der Waals surface area (Å²) >= 11 is 0. The van der Waals surface area contributed by atoms with Gasteiger partial charge >= 0.3 is 5.97 Å². The van der Waals surface area contributed by atoms with Crippen molar-refractivity contribution in [3.63, 3.8) is 0 Å². The van der Waals surface area contributed by atoms with Crippen LogP contribution in [0.5, 0.6) is 5.75 Å². The number of aliphatic carboxylic acids is 1. The van der Waals surface area contributed by atoms with Crippen molar-refractivity contribution in [2.75, 3.05) is 4.90 Å². The minimum Gasteiger partial charge on any atom is -0.480 e. The van der Waals surface area contributed by atoms with Gasteiger partial charge in [0.2, 0.25) is 0 Å². The van der Waals surface area contributed by atoms with Crippen LogP contribution in [0, 0.1) is 0 Å². The molecule has 1 atom stereocenters. The summed E-state index contributed by atoms with van der Waals surface area (Å²) in [7, 11) is 0. The molecule has 0 aliphatic carbocycles. The quantitative estimate of drug-likeness (QED) is 0.928. The monoisotopic (exact) mass is 319 g/mol. The predicted octanol–water partition coefficient (Wildman–Crippen LogP) is 3.35. The minimum atomic E-state index is -1.08. The van der Waals surface area contributed by atoms with Crippen LogP contribution < -0.4 is 9.64 Å². The Kier molecular flexibility index (Phi) is 4.18. The van der Waals surface area contributed by atoms with Gasteiger partial charge in [-0.3, -0.25) is 9.69 Å². The summed E-state index contributed by atoms with van der Waals surface area (Å²) in [6, 6.07) is 4.75. The molecule has 1 unspecified atom stereocenters. The fraction of sp³-hybridized carbons (Fsp3) is 0.556. The number of rotatable bonds is 3. The van der Waals surface area contributed by atoms with Crippen LogP contribution in [0.25, 0.3) is 0 Å². The van der Waals surface area contributed by atoms with E-state index in [2.05, 4.69) is 20.8 Å². The van der Waals surface area contributed by atoms with Gasteiger partial charge in [0.25, 0.3) is 5.91 Å². The van der Waals surface area contributed by atoms with E-state index in [0.29, 0.717) is 17.9 Å². The third-order valence-corrected chi connectivity index (χ3v) is 4.17. The first-order chi connectivity index (χ1) is 10.5. The van der Waals surface area contributed by atoms with Crippen LogP contribution in [0.1, 0.15) is 53.5 Å². The van der Waals surface area contributed by atoms with Crippen LogP contribution in [0.3, 0.4) is 0 Å². The standard InChI is InChI=1S/C18H25NO4/c1-7-12(15(20)21)19-13-10-11(17(2,3)4)8-9-14(13)23-18(5,6)16(19)22/h8-10,12H,7H2,1-6H3,(H,20,21). The Bertz CT molecular complexity index is 643. The van der Waals surface area contributed by atoms with Gasteiger partial charge in [0.15, 0.2) is 5.60 Å². The van der Waals surface area contributed by atoms with Gasteiger partial charge in [-0.2, -0.15) is 0 Å². The van der Waals surface area contributed by atoms with Gasteiger partial charge in [0.05, 0.1) is 5.69 Å². The smallest absolute Gasteiger partial charge is 0.326 e. The topological polar surface area (TPSA) is 66.8 Å². The molecule has 1 aliphatic heterocycles. The molecular formula is C18H25NO4. The maximum Gasteiger partial charge on any atom is 0.326 e. The maximum absolute atomic E-state index is 12.8. The molecule has 0 bridgehead atoms. The van der Waals surface area contributed by atoms with Crippen molar-refractivity contribution in [1.29, 1.82) is 0 Å². The molecule has 2 rings (SSSR count). The number of anilines is 1. The van der Waals surface area contributed by atoms with E-state index in [1.807, 2.05) is 18.2 Å². The van der Waals surface area contributed by atoms with Crippen LogP contribution in [-0.2, 0) is 15.0 Å². The Balaban J connectivity index is 2.66. The van der Waals surface area contributed by atoms with Gasteiger partial charge < -0.3 is 9.84 Å². The third-order valence-electron chi connectivity index (χ3n) is 4.17. The first-order valence-corrected chi connectivity index (χ1v) is 7.89. The Morgan fingerprint density at radius 3 is 2.43 bits per heavy atom. The number of ether oxygens (including phenoxy) is 1. The molecule has 0 radical (unpaired) electrons. The molecule has 0 saturated carbocycles.